The van der Waals surface area contributed by atoms with E-state index in [0.717, 1.165) is 16.5 Å². The predicted molar refractivity (Wildman–Crippen MR) is 177 cm³/mol. The van der Waals surface area contributed by atoms with Crippen molar-refractivity contribution in [3.8, 4) is 17.2 Å². The number of H-pyrrole nitrogens is 1. The number of hydrogen-bond donors (Lipinski definition) is 5. The second-order valence-corrected chi connectivity index (χ2v) is 13.1. The van der Waals surface area contributed by atoms with Crippen molar-refractivity contribution in [2.24, 2.45) is 5.92 Å². The van der Waals surface area contributed by atoms with Gasteiger partial charge in [-0.2, -0.15) is 0 Å². The lowest BCUT2D eigenvalue weighted by molar-refractivity contribution is -0.141. The van der Waals surface area contributed by atoms with E-state index in [9.17, 15) is 34.8 Å². The van der Waals surface area contributed by atoms with Crippen molar-refractivity contribution in [3.63, 3.8) is 0 Å². The molecule has 2 aliphatic heterocycles. The number of allylic oxidation sites excluding steroid dienone is 3. The molecule has 49 heavy (non-hydrogen) atoms. The zero-order valence-corrected chi connectivity index (χ0v) is 27.7. The van der Waals surface area contributed by atoms with Crippen LogP contribution in [0.4, 0.5) is 0 Å². The SMILES string of the molecule is CCOC(=O)C1=C(C=O)C(=C2CC(CO)C(=O)C(c3ccc4[nH]ccc4c3)C2)c2c(OCCCO)c3c(c(CO)c2O1)OC(C(C)(C)O)C3. The average Bonchev–Trinajstić information content (AvgIpc) is 3.75. The van der Waals surface area contributed by atoms with Gasteiger partial charge in [-0.15, -0.1) is 0 Å². The molecule has 1 aromatic heterocycles. The molecule has 1 aliphatic carbocycles. The number of aliphatic hydroxyl groups is 4. The van der Waals surface area contributed by atoms with Crippen LogP contribution in [0.25, 0.3) is 16.5 Å². The Kier molecular flexibility index (Phi) is 9.67. The molecule has 0 radical (unpaired) electrons. The molecule has 12 heteroatoms. The molecule has 3 atom stereocenters. The van der Waals surface area contributed by atoms with Crippen LogP contribution in [0, 0.1) is 5.92 Å². The molecule has 260 valence electrons. The summed E-state index contributed by atoms with van der Waals surface area (Å²) in [5.41, 5.74) is 2.04. The van der Waals surface area contributed by atoms with Crippen LogP contribution in [0.3, 0.4) is 0 Å². The third kappa shape index (κ3) is 6.14. The van der Waals surface area contributed by atoms with E-state index >= 15 is 0 Å². The highest BCUT2D eigenvalue weighted by Gasteiger charge is 2.45. The number of rotatable bonds is 11. The van der Waals surface area contributed by atoms with Gasteiger partial charge in [-0.25, -0.2) is 4.79 Å². The number of esters is 1. The summed E-state index contributed by atoms with van der Waals surface area (Å²) in [6.45, 7) is 3.67. The van der Waals surface area contributed by atoms with Gasteiger partial charge in [0.25, 0.3) is 0 Å². The standard InChI is InChI=1S/C37H41NO11/c1-4-46-36(44)35-25(17-41)29(21-13-22(16-40)31(43)23(14-21)19-6-7-27-20(12-19)8-9-38-27)30-33(47-11-5-10-39)24-15-28(37(2,3)45)48-32(24)26(18-42)34(30)49-35/h6-9,12,17,22-23,28,38-40,42,45H,4-5,10-11,13-16,18H2,1-3H3. The van der Waals surface area contributed by atoms with Crippen LogP contribution in [0.1, 0.15) is 68.2 Å². The van der Waals surface area contributed by atoms with Crippen LogP contribution >= 0.6 is 0 Å². The maximum atomic E-state index is 13.8. The van der Waals surface area contributed by atoms with E-state index in [-0.39, 0.29) is 90.8 Å². The van der Waals surface area contributed by atoms with Gasteiger partial charge in [0.15, 0.2) is 6.29 Å². The summed E-state index contributed by atoms with van der Waals surface area (Å²) in [5, 5.41) is 42.7. The summed E-state index contributed by atoms with van der Waals surface area (Å²) >= 11 is 0. The summed E-state index contributed by atoms with van der Waals surface area (Å²) in [6.07, 6.45) is 2.24. The molecule has 3 unspecified atom stereocenters. The number of nitrogens with one attached hydrogen (secondary N) is 1. The van der Waals surface area contributed by atoms with Crippen molar-refractivity contribution in [2.45, 2.75) is 70.7 Å². The van der Waals surface area contributed by atoms with Gasteiger partial charge in [-0.3, -0.25) is 9.59 Å². The lowest BCUT2D eigenvalue weighted by Crippen LogP contribution is -2.39. The molecule has 3 heterocycles. The number of benzene rings is 2. The second kappa shape index (κ2) is 13.8. The number of hydrogen-bond acceptors (Lipinski definition) is 11. The Labute approximate surface area is 282 Å². The van der Waals surface area contributed by atoms with E-state index < -0.39 is 48.5 Å². The van der Waals surface area contributed by atoms with Gasteiger partial charge in [0.05, 0.1) is 48.7 Å². The molecule has 2 aromatic carbocycles. The van der Waals surface area contributed by atoms with Crippen molar-refractivity contribution in [3.05, 3.63) is 69.6 Å². The Balaban J connectivity index is 1.65. The van der Waals surface area contributed by atoms with Crippen molar-refractivity contribution < 1.29 is 53.8 Å². The van der Waals surface area contributed by atoms with Gasteiger partial charge >= 0.3 is 5.97 Å². The van der Waals surface area contributed by atoms with Crippen LogP contribution < -0.4 is 14.2 Å². The van der Waals surface area contributed by atoms with Gasteiger partial charge in [-0.05, 0) is 62.8 Å². The maximum Gasteiger partial charge on any atom is 0.375 e. The lowest BCUT2D eigenvalue weighted by Gasteiger charge is -2.34. The third-order valence-electron chi connectivity index (χ3n) is 9.48. The first-order chi connectivity index (χ1) is 23.6. The molecular weight excluding hydrogens is 634 g/mol. The fraction of sp³-hybridized carbons (Fsp3) is 0.432. The molecule has 1 fully saturated rings. The average molecular weight is 676 g/mol. The van der Waals surface area contributed by atoms with Crippen LogP contribution in [-0.4, -0.2) is 81.6 Å². The van der Waals surface area contributed by atoms with E-state index in [0.29, 0.717) is 17.4 Å². The molecule has 1 saturated carbocycles. The largest absolute Gasteiger partial charge is 0.492 e. The van der Waals surface area contributed by atoms with E-state index in [1.165, 1.54) is 0 Å². The Morgan fingerprint density at radius 3 is 2.59 bits per heavy atom. The second-order valence-electron chi connectivity index (χ2n) is 13.1. The zero-order valence-electron chi connectivity index (χ0n) is 27.7. The summed E-state index contributed by atoms with van der Waals surface area (Å²) in [6, 6.07) is 7.56. The van der Waals surface area contributed by atoms with Crippen molar-refractivity contribution in [1.82, 2.24) is 4.98 Å². The highest BCUT2D eigenvalue weighted by atomic mass is 16.6. The first-order valence-corrected chi connectivity index (χ1v) is 16.5. The summed E-state index contributed by atoms with van der Waals surface area (Å²) in [7, 11) is 0. The quantitative estimate of drug-likeness (QED) is 0.114. The highest BCUT2D eigenvalue weighted by molar-refractivity contribution is 6.11. The number of aliphatic hydroxyl groups excluding tert-OH is 3. The Bertz CT molecular complexity index is 1860. The molecule has 0 bridgehead atoms. The molecular formula is C37H41NO11. The van der Waals surface area contributed by atoms with Gasteiger partial charge in [0.2, 0.25) is 5.76 Å². The van der Waals surface area contributed by atoms with Crippen LogP contribution in [0.5, 0.6) is 17.2 Å². The van der Waals surface area contributed by atoms with Gasteiger partial charge in [0, 0.05) is 54.1 Å². The lowest BCUT2D eigenvalue weighted by atomic mass is 9.71. The van der Waals surface area contributed by atoms with E-state index in [2.05, 4.69) is 4.98 Å². The highest BCUT2D eigenvalue weighted by Crippen LogP contribution is 2.56. The summed E-state index contributed by atoms with van der Waals surface area (Å²) in [5.74, 6) is -2.49. The number of aldehydes is 1. The molecule has 0 saturated heterocycles. The Morgan fingerprint density at radius 2 is 1.92 bits per heavy atom. The van der Waals surface area contributed by atoms with E-state index in [1.54, 1.807) is 27.0 Å². The minimum absolute atomic E-state index is 0.00960. The first kappa shape index (κ1) is 34.4. The first-order valence-electron chi connectivity index (χ1n) is 16.5. The smallest absolute Gasteiger partial charge is 0.375 e. The molecule has 3 aliphatic rings. The zero-order chi connectivity index (χ0) is 35.0. The number of Topliss-reactive ketones (excluding diaryl/α,β-unsaturated/α-hetero) is 1. The monoisotopic (exact) mass is 675 g/mol. The Hall–Kier alpha value is -4.49. The van der Waals surface area contributed by atoms with E-state index in [4.69, 9.17) is 18.9 Å². The number of ketones is 1. The van der Waals surface area contributed by atoms with Crippen molar-refractivity contribution in [1.29, 1.82) is 0 Å². The number of aromatic amines is 1. The Morgan fingerprint density at radius 1 is 1.12 bits per heavy atom. The molecule has 0 amide bonds. The van der Waals surface area contributed by atoms with Crippen molar-refractivity contribution >= 4 is 34.5 Å². The van der Waals surface area contributed by atoms with Gasteiger partial charge in [0.1, 0.15) is 29.1 Å². The van der Waals surface area contributed by atoms with Crippen LogP contribution in [0.15, 0.2) is 47.4 Å². The normalized spacial score (nSPS) is 22.0. The van der Waals surface area contributed by atoms with Gasteiger partial charge in [-0.1, -0.05) is 11.6 Å². The predicted octanol–water partition coefficient (Wildman–Crippen LogP) is 3.41. The number of aromatic nitrogens is 1. The number of carbonyl (C=O) groups is 3. The topological polar surface area (TPSA) is 185 Å². The number of carbonyl (C=O) groups excluding carboxylic acids is 3. The van der Waals surface area contributed by atoms with Crippen molar-refractivity contribution in [2.75, 3.05) is 26.4 Å². The molecule has 0 spiro atoms. The van der Waals surface area contributed by atoms with Crippen LogP contribution in [0.2, 0.25) is 0 Å². The van der Waals surface area contributed by atoms with Crippen LogP contribution in [-0.2, 0) is 32.1 Å². The van der Waals surface area contributed by atoms with Gasteiger partial charge < -0.3 is 44.4 Å². The van der Waals surface area contributed by atoms with E-state index in [1.807, 2.05) is 24.3 Å². The fourth-order valence-electron chi connectivity index (χ4n) is 7.04. The molecule has 5 N–H and O–H groups in total. The maximum absolute atomic E-state index is 13.8. The molecule has 3 aromatic rings. The summed E-state index contributed by atoms with van der Waals surface area (Å²) < 4.78 is 24.1. The molecule has 6 rings (SSSR count). The number of fused-ring (bicyclic) bond motifs is 3. The minimum atomic E-state index is -1.30. The fourth-order valence-corrected chi connectivity index (χ4v) is 7.04. The third-order valence-corrected chi connectivity index (χ3v) is 9.48. The number of ether oxygens (including phenoxy) is 4. The minimum Gasteiger partial charge on any atom is -0.492 e. The summed E-state index contributed by atoms with van der Waals surface area (Å²) in [4.78, 5) is 43.5. The molecule has 12 nitrogen and oxygen atoms in total.